The Kier molecular flexibility index (Phi) is 6.69. The second kappa shape index (κ2) is 9.94. The number of carbonyl (C=O) groups is 2. The third-order valence-electron chi connectivity index (χ3n) is 6.72. The molecule has 4 heterocycles. The number of carbonyl (C=O) groups excluding carboxylic acids is 2. The zero-order chi connectivity index (χ0) is 26.3. The van der Waals surface area contributed by atoms with Crippen molar-refractivity contribution in [3.8, 4) is 0 Å². The Balaban J connectivity index is 1.33. The number of fused-ring (bicyclic) bond motifs is 2. The van der Waals surface area contributed by atoms with Crippen LogP contribution >= 0.6 is 11.8 Å². The van der Waals surface area contributed by atoms with Gasteiger partial charge in [0.2, 0.25) is 11.7 Å². The van der Waals surface area contributed by atoms with Gasteiger partial charge in [-0.3, -0.25) is 19.3 Å². The third kappa shape index (κ3) is 4.58. The summed E-state index contributed by atoms with van der Waals surface area (Å²) in [6, 6.07) is 7.26. The number of ether oxygens (including phenoxy) is 1. The van der Waals surface area contributed by atoms with Gasteiger partial charge in [-0.05, 0) is 30.7 Å². The largest absolute Gasteiger partial charge is 0.456 e. The zero-order valence-electron chi connectivity index (χ0n) is 20.2. The van der Waals surface area contributed by atoms with Crippen LogP contribution in [0.25, 0.3) is 5.78 Å². The molecule has 37 heavy (non-hydrogen) atoms. The topological polar surface area (TPSA) is 140 Å². The minimum Gasteiger partial charge on any atom is -0.456 e. The fraction of sp³-hybridized carbons (Fsp3) is 0.360. The number of aryl methyl sites for hydroxylation is 1. The number of hydrogen-bond acceptors (Lipinski definition) is 9. The lowest BCUT2D eigenvalue weighted by Crippen LogP contribution is -2.63. The lowest BCUT2D eigenvalue weighted by Gasteiger charge is -2.46. The summed E-state index contributed by atoms with van der Waals surface area (Å²) in [4.78, 5) is 47.4. The van der Waals surface area contributed by atoms with Crippen molar-refractivity contribution in [2.24, 2.45) is 11.8 Å². The lowest BCUT2D eigenvalue weighted by atomic mass is 9.79. The molecule has 0 radical (unpaired) electrons. The van der Waals surface area contributed by atoms with E-state index in [9.17, 15) is 24.8 Å². The van der Waals surface area contributed by atoms with E-state index in [2.05, 4.69) is 9.97 Å². The highest BCUT2D eigenvalue weighted by atomic mass is 32.2. The minimum absolute atomic E-state index is 0.0549. The van der Waals surface area contributed by atoms with E-state index in [1.807, 2.05) is 29.8 Å². The van der Waals surface area contributed by atoms with Crippen LogP contribution in [-0.4, -0.2) is 59.1 Å². The Bertz CT molecular complexity index is 1370. The maximum Gasteiger partial charge on any atom is 0.356 e. The molecule has 1 aromatic carbocycles. The van der Waals surface area contributed by atoms with E-state index in [4.69, 9.17) is 4.74 Å². The summed E-state index contributed by atoms with van der Waals surface area (Å²) in [5.74, 6) is -0.416. The molecule has 3 aromatic rings. The molecular formula is C25H25N5O6S. The van der Waals surface area contributed by atoms with Gasteiger partial charge in [0.05, 0.1) is 28.7 Å². The second-order valence-electron chi connectivity index (χ2n) is 9.12. The van der Waals surface area contributed by atoms with Gasteiger partial charge in [-0.15, -0.1) is 11.8 Å². The summed E-state index contributed by atoms with van der Waals surface area (Å²) in [7, 11) is 0. The summed E-state index contributed by atoms with van der Waals surface area (Å²) in [6.45, 7) is 3.45. The van der Waals surface area contributed by atoms with E-state index < -0.39 is 22.9 Å². The number of hydrogen-bond donors (Lipinski definition) is 1. The Morgan fingerprint density at radius 1 is 1.32 bits per heavy atom. The smallest absolute Gasteiger partial charge is 0.356 e. The number of nitro benzene ring substituents is 1. The van der Waals surface area contributed by atoms with Crippen molar-refractivity contribution >= 4 is 35.1 Å². The van der Waals surface area contributed by atoms with E-state index in [1.165, 1.54) is 40.9 Å². The standard InChI is InChI=1S/C25H25N5O6S/c1-14-20-19(15(2)31)23(32)29(20)21(24(33)36-13-16-4-6-18(7-5-16)30(34)35)22(14)37-11-8-17-12-28-10-3-9-26-25(28)27-17/h3-7,9-10,12,14-15,19-20,31H,8,11,13H2,1-2H3/t14-,15-,19-,20-/m1/s1. The van der Waals surface area contributed by atoms with Crippen LogP contribution < -0.4 is 0 Å². The highest BCUT2D eigenvalue weighted by Gasteiger charge is 2.60. The van der Waals surface area contributed by atoms with Crippen molar-refractivity contribution < 1.29 is 24.4 Å². The fourth-order valence-corrected chi connectivity index (χ4v) is 6.15. The van der Waals surface area contributed by atoms with Crippen LogP contribution in [0, 0.1) is 22.0 Å². The van der Waals surface area contributed by atoms with Gasteiger partial charge in [-0.2, -0.15) is 0 Å². The minimum atomic E-state index is -0.830. The maximum atomic E-state index is 13.2. The number of thioether (sulfide) groups is 1. The first-order chi connectivity index (χ1) is 17.8. The predicted octanol–water partition coefficient (Wildman–Crippen LogP) is 2.73. The number of aromatic nitrogens is 3. The molecule has 4 atom stereocenters. The molecule has 0 spiro atoms. The summed E-state index contributed by atoms with van der Waals surface area (Å²) in [5, 5.41) is 21.0. The van der Waals surface area contributed by atoms with Gasteiger partial charge in [0, 0.05) is 53.7 Å². The van der Waals surface area contributed by atoms with Gasteiger partial charge in [0.25, 0.3) is 5.69 Å². The molecule has 11 nitrogen and oxygen atoms in total. The summed E-state index contributed by atoms with van der Waals surface area (Å²) >= 11 is 1.48. The van der Waals surface area contributed by atoms with Crippen LogP contribution in [-0.2, 0) is 27.4 Å². The van der Waals surface area contributed by atoms with Gasteiger partial charge < -0.3 is 14.7 Å². The molecule has 1 N–H and O–H groups in total. The number of non-ortho nitro benzene ring substituents is 1. The van der Waals surface area contributed by atoms with E-state index >= 15 is 0 Å². The van der Waals surface area contributed by atoms with Gasteiger partial charge in [-0.1, -0.05) is 6.92 Å². The molecule has 0 bridgehead atoms. The molecule has 2 aliphatic heterocycles. The van der Waals surface area contributed by atoms with Gasteiger partial charge in [0.1, 0.15) is 12.3 Å². The molecule has 1 amide bonds. The van der Waals surface area contributed by atoms with Crippen LogP contribution in [0.2, 0.25) is 0 Å². The average Bonchev–Trinajstić information content (AvgIpc) is 3.39. The summed E-state index contributed by atoms with van der Waals surface area (Å²) in [5.41, 5.74) is 1.61. The number of imidazole rings is 1. The molecular weight excluding hydrogens is 498 g/mol. The number of rotatable bonds is 9. The number of aliphatic hydroxyl groups is 1. The highest BCUT2D eigenvalue weighted by Crippen LogP contribution is 2.50. The fourth-order valence-electron chi connectivity index (χ4n) is 4.90. The molecule has 1 saturated heterocycles. The van der Waals surface area contributed by atoms with E-state index in [1.54, 1.807) is 13.1 Å². The number of aliphatic hydroxyl groups excluding tert-OH is 1. The normalized spacial score (nSPS) is 21.6. The van der Waals surface area contributed by atoms with Crippen LogP contribution in [0.5, 0.6) is 0 Å². The van der Waals surface area contributed by atoms with Crippen LogP contribution in [0.15, 0.2) is 59.5 Å². The van der Waals surface area contributed by atoms with Crippen molar-refractivity contribution in [2.75, 3.05) is 5.75 Å². The number of nitrogens with zero attached hydrogens (tertiary/aromatic N) is 5. The zero-order valence-corrected chi connectivity index (χ0v) is 21.0. The Morgan fingerprint density at radius 2 is 2.08 bits per heavy atom. The molecule has 0 saturated carbocycles. The van der Waals surface area contributed by atoms with E-state index in [0.717, 1.165) is 10.6 Å². The third-order valence-corrected chi connectivity index (χ3v) is 8.00. The van der Waals surface area contributed by atoms with Crippen LogP contribution in [0.3, 0.4) is 0 Å². The van der Waals surface area contributed by atoms with Crippen LogP contribution in [0.1, 0.15) is 25.1 Å². The highest BCUT2D eigenvalue weighted by molar-refractivity contribution is 8.03. The Morgan fingerprint density at radius 3 is 2.76 bits per heavy atom. The number of benzene rings is 1. The predicted molar refractivity (Wildman–Crippen MR) is 134 cm³/mol. The molecule has 5 rings (SSSR count). The van der Waals surface area contributed by atoms with Crippen molar-refractivity contribution in [3.05, 3.63) is 80.9 Å². The van der Waals surface area contributed by atoms with E-state index in [-0.39, 0.29) is 35.9 Å². The number of amides is 1. The number of nitro groups is 1. The number of β-lactam (4-membered cyclic amide) rings is 1. The first-order valence-corrected chi connectivity index (χ1v) is 12.8. The van der Waals surface area contributed by atoms with Gasteiger partial charge >= 0.3 is 5.97 Å². The monoisotopic (exact) mass is 523 g/mol. The molecule has 192 valence electrons. The molecule has 2 aliphatic rings. The summed E-state index contributed by atoms with van der Waals surface area (Å²) in [6.07, 6.45) is 5.27. The first-order valence-electron chi connectivity index (χ1n) is 11.8. The van der Waals surface area contributed by atoms with Gasteiger partial charge in [0.15, 0.2) is 0 Å². The van der Waals surface area contributed by atoms with Crippen molar-refractivity contribution in [1.29, 1.82) is 0 Å². The quantitative estimate of drug-likeness (QED) is 0.194. The van der Waals surface area contributed by atoms with Crippen molar-refractivity contribution in [3.63, 3.8) is 0 Å². The Hall–Kier alpha value is -3.77. The molecule has 1 fully saturated rings. The van der Waals surface area contributed by atoms with Crippen molar-refractivity contribution in [1.82, 2.24) is 19.3 Å². The summed E-state index contributed by atoms with van der Waals surface area (Å²) < 4.78 is 7.38. The Labute approximate surface area is 216 Å². The molecule has 0 unspecified atom stereocenters. The second-order valence-corrected chi connectivity index (χ2v) is 10.3. The van der Waals surface area contributed by atoms with Crippen molar-refractivity contribution in [2.45, 2.75) is 39.0 Å². The molecule has 2 aromatic heterocycles. The SMILES string of the molecule is C[C@@H](O)[C@H]1C(=O)N2C(C(=O)OCc3ccc([N+](=O)[O-])cc3)=C(SCCc3cn4cccnc4n3)[C@H](C)[C@H]12. The first kappa shape index (κ1) is 24.9. The molecule has 0 aliphatic carbocycles. The average molecular weight is 524 g/mol. The number of esters is 1. The maximum absolute atomic E-state index is 13.2. The van der Waals surface area contributed by atoms with Crippen LogP contribution in [0.4, 0.5) is 5.69 Å². The van der Waals surface area contributed by atoms with Gasteiger partial charge in [-0.25, -0.2) is 14.8 Å². The van der Waals surface area contributed by atoms with E-state index in [0.29, 0.717) is 23.5 Å². The molecule has 12 heteroatoms. The lowest BCUT2D eigenvalue weighted by molar-refractivity contribution is -0.384.